The number of amides is 1. The van der Waals surface area contributed by atoms with Gasteiger partial charge in [-0.2, -0.15) is 0 Å². The van der Waals surface area contributed by atoms with Gasteiger partial charge in [0.25, 0.3) is 0 Å². The number of carbonyl (C=O) groups excluding carboxylic acids is 1. The number of rotatable bonds is 6. The van der Waals surface area contributed by atoms with Crippen molar-refractivity contribution in [2.45, 2.75) is 37.4 Å². The number of hydrogen-bond acceptors (Lipinski definition) is 5. The monoisotopic (exact) mass is 365 g/mol. The summed E-state index contributed by atoms with van der Waals surface area (Å²) in [5, 5.41) is 12.2. The van der Waals surface area contributed by atoms with Gasteiger partial charge >= 0.3 is 12.9 Å². The summed E-state index contributed by atoms with van der Waals surface area (Å²) in [6, 6.07) is 4.96. The molecule has 7 nitrogen and oxygen atoms in total. The number of fused-ring (bicyclic) bond motifs is 1. The van der Waals surface area contributed by atoms with Crippen LogP contribution in [0.3, 0.4) is 0 Å². The van der Waals surface area contributed by atoms with E-state index in [0.29, 0.717) is 12.2 Å². The molecule has 1 amide bonds. The Morgan fingerprint density at radius 3 is 2.68 bits per heavy atom. The summed E-state index contributed by atoms with van der Waals surface area (Å²) in [5.41, 5.74) is 0.871. The molecule has 0 aromatic heterocycles. The number of para-hydroxylation sites is 1. The van der Waals surface area contributed by atoms with Crippen LogP contribution in [-0.4, -0.2) is 50.3 Å². The molecule has 1 aliphatic heterocycles. The van der Waals surface area contributed by atoms with Crippen LogP contribution < -0.4 is 9.97 Å². The van der Waals surface area contributed by atoms with E-state index >= 15 is 0 Å². The molecule has 0 saturated heterocycles. The van der Waals surface area contributed by atoms with Crippen molar-refractivity contribution in [2.75, 3.05) is 12.0 Å². The summed E-state index contributed by atoms with van der Waals surface area (Å²) in [6.45, 7) is -0.282. The lowest BCUT2D eigenvalue weighted by Gasteiger charge is -2.32. The number of carbonyl (C=O) groups is 2. The highest BCUT2D eigenvalue weighted by Crippen LogP contribution is 2.44. The number of benzene rings is 1. The fourth-order valence-electron chi connectivity index (χ4n) is 3.16. The third kappa shape index (κ3) is 4.33. The van der Waals surface area contributed by atoms with E-state index in [4.69, 9.17) is 4.65 Å². The Labute approximate surface area is 146 Å². The first kappa shape index (κ1) is 17.8. The van der Waals surface area contributed by atoms with Gasteiger partial charge in [0, 0.05) is 12.7 Å². The Hall–Kier alpha value is -2.03. The second kappa shape index (κ2) is 6.70. The van der Waals surface area contributed by atoms with Crippen LogP contribution in [0.25, 0.3) is 0 Å². The fourth-order valence-corrected chi connectivity index (χ4v) is 3.72. The standard InChI is InChI=1S/C16H20BNO6S/c1-25(22,23)8-7-14(19)18-13-9-10-3-2-4-12(16(20)21)15(10)24-17(13)11-5-6-11/h2-4,11,13H,5-9H2,1H3,(H,18,19)(H,20,21)/t13-/m0/s1. The van der Waals surface area contributed by atoms with Gasteiger partial charge in [0.05, 0.1) is 17.3 Å². The van der Waals surface area contributed by atoms with Gasteiger partial charge in [0.15, 0.2) is 0 Å². The zero-order chi connectivity index (χ0) is 18.2. The van der Waals surface area contributed by atoms with Crippen molar-refractivity contribution in [2.24, 2.45) is 0 Å². The second-order valence-electron chi connectivity index (χ2n) is 6.78. The number of carboxylic acids is 1. The highest BCUT2D eigenvalue weighted by Gasteiger charge is 2.47. The molecule has 1 aliphatic carbocycles. The van der Waals surface area contributed by atoms with Crippen molar-refractivity contribution >= 4 is 28.6 Å². The molecule has 1 fully saturated rings. The molecule has 0 bridgehead atoms. The maximum absolute atomic E-state index is 12.1. The molecular weight excluding hydrogens is 345 g/mol. The summed E-state index contributed by atoms with van der Waals surface area (Å²) in [4.78, 5) is 23.5. The van der Waals surface area contributed by atoms with Gasteiger partial charge in [0.2, 0.25) is 5.91 Å². The van der Waals surface area contributed by atoms with Crippen LogP contribution in [0.2, 0.25) is 5.82 Å². The lowest BCUT2D eigenvalue weighted by atomic mass is 9.52. The van der Waals surface area contributed by atoms with Crippen molar-refractivity contribution in [3.63, 3.8) is 0 Å². The minimum Gasteiger partial charge on any atom is -0.557 e. The van der Waals surface area contributed by atoms with Crippen molar-refractivity contribution in [1.82, 2.24) is 5.32 Å². The molecule has 2 N–H and O–H groups in total. The van der Waals surface area contributed by atoms with E-state index in [1.807, 2.05) is 0 Å². The Bertz CT molecular complexity index is 805. The molecule has 1 saturated carbocycles. The maximum atomic E-state index is 12.1. The summed E-state index contributed by atoms with van der Waals surface area (Å²) in [5.74, 6) is -1.18. The quantitative estimate of drug-likeness (QED) is 0.726. The predicted molar refractivity (Wildman–Crippen MR) is 92.7 cm³/mol. The fraction of sp³-hybridized carbons (Fsp3) is 0.500. The molecule has 0 spiro atoms. The van der Waals surface area contributed by atoms with Crippen LogP contribution >= 0.6 is 0 Å². The number of hydrogen-bond donors (Lipinski definition) is 2. The van der Waals surface area contributed by atoms with Gasteiger partial charge < -0.3 is 15.1 Å². The van der Waals surface area contributed by atoms with Crippen molar-refractivity contribution < 1.29 is 27.8 Å². The Kier molecular flexibility index (Phi) is 4.77. The molecule has 1 aromatic rings. The van der Waals surface area contributed by atoms with Crippen molar-refractivity contribution in [3.05, 3.63) is 29.3 Å². The first-order valence-corrected chi connectivity index (χ1v) is 10.3. The first-order valence-electron chi connectivity index (χ1n) is 8.23. The summed E-state index contributed by atoms with van der Waals surface area (Å²) in [6.07, 6.45) is 3.44. The molecule has 1 atom stereocenters. The minimum atomic E-state index is -3.20. The summed E-state index contributed by atoms with van der Waals surface area (Å²) < 4.78 is 28.4. The van der Waals surface area contributed by atoms with E-state index in [-0.39, 0.29) is 42.3 Å². The molecule has 0 unspecified atom stereocenters. The first-order chi connectivity index (χ1) is 11.7. The van der Waals surface area contributed by atoms with Crippen molar-refractivity contribution in [1.29, 1.82) is 0 Å². The van der Waals surface area contributed by atoms with Gasteiger partial charge in [-0.05, 0) is 23.9 Å². The van der Waals surface area contributed by atoms with Crippen LogP contribution in [0.1, 0.15) is 35.2 Å². The van der Waals surface area contributed by atoms with E-state index in [0.717, 1.165) is 24.7 Å². The average molecular weight is 365 g/mol. The van der Waals surface area contributed by atoms with Crippen LogP contribution in [0.5, 0.6) is 5.75 Å². The smallest absolute Gasteiger partial charge is 0.383 e. The van der Waals surface area contributed by atoms with Gasteiger partial charge in [-0.15, -0.1) is 0 Å². The van der Waals surface area contributed by atoms with Gasteiger partial charge in [-0.3, -0.25) is 4.79 Å². The van der Waals surface area contributed by atoms with Crippen LogP contribution in [0.15, 0.2) is 18.2 Å². The molecule has 2 aliphatic rings. The van der Waals surface area contributed by atoms with Gasteiger partial charge in [0.1, 0.15) is 15.6 Å². The zero-order valence-corrected chi connectivity index (χ0v) is 14.7. The Morgan fingerprint density at radius 1 is 1.36 bits per heavy atom. The maximum Gasteiger partial charge on any atom is 0.383 e. The molecule has 1 aromatic carbocycles. The van der Waals surface area contributed by atoms with E-state index in [9.17, 15) is 23.1 Å². The predicted octanol–water partition coefficient (Wildman–Crippen LogP) is 0.934. The Balaban J connectivity index is 1.77. The molecule has 9 heteroatoms. The number of carboxylic acid groups (broad SMARTS) is 1. The Morgan fingerprint density at radius 2 is 2.08 bits per heavy atom. The third-order valence-electron chi connectivity index (χ3n) is 4.55. The van der Waals surface area contributed by atoms with Crippen molar-refractivity contribution in [3.8, 4) is 5.75 Å². The lowest BCUT2D eigenvalue weighted by Crippen LogP contribution is -2.53. The molecular formula is C16H20BNO6S. The normalized spacial score (nSPS) is 19.7. The van der Waals surface area contributed by atoms with Crippen LogP contribution in [0, 0.1) is 0 Å². The zero-order valence-electron chi connectivity index (χ0n) is 13.9. The van der Waals surface area contributed by atoms with Crippen LogP contribution in [0.4, 0.5) is 0 Å². The number of sulfone groups is 1. The van der Waals surface area contributed by atoms with Gasteiger partial charge in [-0.25, -0.2) is 13.2 Å². The minimum absolute atomic E-state index is 0.0885. The molecule has 25 heavy (non-hydrogen) atoms. The number of nitrogens with one attached hydrogen (secondary N) is 1. The van der Waals surface area contributed by atoms with E-state index in [1.54, 1.807) is 12.1 Å². The summed E-state index contributed by atoms with van der Waals surface area (Å²) in [7, 11) is -3.20. The lowest BCUT2D eigenvalue weighted by molar-refractivity contribution is -0.121. The highest BCUT2D eigenvalue weighted by atomic mass is 32.2. The third-order valence-corrected chi connectivity index (χ3v) is 5.50. The summed E-state index contributed by atoms with van der Waals surface area (Å²) >= 11 is 0. The topological polar surface area (TPSA) is 110 Å². The van der Waals surface area contributed by atoms with E-state index in [2.05, 4.69) is 5.32 Å². The largest absolute Gasteiger partial charge is 0.557 e. The molecule has 3 rings (SSSR count). The average Bonchev–Trinajstić information content (AvgIpc) is 3.35. The molecule has 0 radical (unpaired) electrons. The molecule has 134 valence electrons. The second-order valence-corrected chi connectivity index (χ2v) is 9.04. The SMILES string of the molecule is CS(=O)(=O)CCC(=O)N[C@H]1Cc2cccc(C(=O)O)c2OB1C1CC1. The van der Waals surface area contributed by atoms with Gasteiger partial charge in [-0.1, -0.05) is 25.0 Å². The molecule has 1 heterocycles. The number of aromatic carboxylic acids is 1. The highest BCUT2D eigenvalue weighted by molar-refractivity contribution is 7.90. The van der Waals surface area contributed by atoms with E-state index in [1.165, 1.54) is 6.07 Å². The van der Waals surface area contributed by atoms with Crippen LogP contribution in [-0.2, 0) is 21.1 Å². The van der Waals surface area contributed by atoms with E-state index < -0.39 is 15.8 Å².